The Balaban J connectivity index is 2.14. The third-order valence-corrected chi connectivity index (χ3v) is 3.43. The molecule has 0 aliphatic carbocycles. The van der Waals surface area contributed by atoms with Crippen LogP contribution in [0.5, 0.6) is 5.88 Å². The summed E-state index contributed by atoms with van der Waals surface area (Å²) < 4.78 is 31.8. The molecule has 0 unspecified atom stereocenters. The highest BCUT2D eigenvalue weighted by molar-refractivity contribution is 6.31. The molecule has 0 bridgehead atoms. The Morgan fingerprint density at radius 2 is 2.04 bits per heavy atom. The highest BCUT2D eigenvalue weighted by Gasteiger charge is 2.15. The summed E-state index contributed by atoms with van der Waals surface area (Å²) in [5, 5.41) is 7.75. The first-order chi connectivity index (χ1) is 11.1. The van der Waals surface area contributed by atoms with Crippen molar-refractivity contribution in [3.8, 4) is 22.7 Å². The van der Waals surface area contributed by atoms with E-state index in [-0.39, 0.29) is 0 Å². The third kappa shape index (κ3) is 3.14. The Hall–Kier alpha value is -2.54. The number of methoxy groups -OCH3 is 1. The maximum Gasteiger partial charge on any atom is 0.283 e. The molecule has 0 N–H and O–H groups in total. The van der Waals surface area contributed by atoms with Crippen LogP contribution in [0.25, 0.3) is 16.8 Å². The van der Waals surface area contributed by atoms with Crippen molar-refractivity contribution in [2.75, 3.05) is 7.11 Å². The molecule has 3 aromatic rings. The molecule has 0 spiro atoms. The van der Waals surface area contributed by atoms with Crippen LogP contribution in [-0.2, 0) is 0 Å². The number of hydrogen-bond acceptors (Lipinski definition) is 4. The van der Waals surface area contributed by atoms with Gasteiger partial charge in [-0.1, -0.05) is 16.8 Å². The fourth-order valence-corrected chi connectivity index (χ4v) is 2.29. The molecule has 0 fully saturated rings. The monoisotopic (exact) mass is 336 g/mol. The van der Waals surface area contributed by atoms with E-state index < -0.39 is 12.1 Å². The van der Waals surface area contributed by atoms with Crippen LogP contribution in [0.3, 0.4) is 0 Å². The summed E-state index contributed by atoms with van der Waals surface area (Å²) in [4.78, 5) is 4.05. The quantitative estimate of drug-likeness (QED) is 0.724. The summed E-state index contributed by atoms with van der Waals surface area (Å²) >= 11 is 6.07. The molecule has 0 atom stereocenters. The van der Waals surface area contributed by atoms with Crippen molar-refractivity contribution in [2.45, 2.75) is 6.43 Å². The van der Waals surface area contributed by atoms with Crippen molar-refractivity contribution in [2.24, 2.45) is 0 Å². The Labute approximate surface area is 135 Å². The molecular formula is C15H11ClF2N4O. The van der Waals surface area contributed by atoms with E-state index in [0.717, 1.165) is 5.56 Å². The minimum Gasteiger partial charge on any atom is -0.481 e. The van der Waals surface area contributed by atoms with Gasteiger partial charge in [-0.05, 0) is 29.8 Å². The highest BCUT2D eigenvalue weighted by atomic mass is 35.5. The highest BCUT2D eigenvalue weighted by Crippen LogP contribution is 2.31. The van der Waals surface area contributed by atoms with Crippen LogP contribution in [0, 0.1) is 0 Å². The van der Waals surface area contributed by atoms with E-state index in [2.05, 4.69) is 15.3 Å². The normalized spacial score (nSPS) is 11.0. The summed E-state index contributed by atoms with van der Waals surface area (Å²) in [5.74, 6) is 0.431. The minimum absolute atomic E-state index is 0.391. The van der Waals surface area contributed by atoms with Gasteiger partial charge in [0.25, 0.3) is 6.43 Å². The molecule has 2 heterocycles. The van der Waals surface area contributed by atoms with Crippen LogP contribution in [0.15, 0.2) is 42.7 Å². The predicted molar refractivity (Wildman–Crippen MR) is 81.1 cm³/mol. The number of halogens is 3. The number of aromatic nitrogens is 4. The van der Waals surface area contributed by atoms with Gasteiger partial charge in [0.2, 0.25) is 5.88 Å². The summed E-state index contributed by atoms with van der Waals surface area (Å²) in [6.45, 7) is 0. The number of rotatable bonds is 4. The largest absolute Gasteiger partial charge is 0.481 e. The number of nitrogens with zero attached hydrogens (tertiary/aromatic N) is 4. The summed E-state index contributed by atoms with van der Waals surface area (Å²) in [6, 6.07) is 8.55. The molecule has 0 amide bonds. The van der Waals surface area contributed by atoms with Gasteiger partial charge in [-0.3, -0.25) is 0 Å². The van der Waals surface area contributed by atoms with Gasteiger partial charge in [0, 0.05) is 22.8 Å². The second-order valence-electron chi connectivity index (χ2n) is 4.64. The first kappa shape index (κ1) is 15.4. The Kier molecular flexibility index (Phi) is 4.20. The molecule has 0 saturated heterocycles. The van der Waals surface area contributed by atoms with Gasteiger partial charge in [-0.2, -0.15) is 0 Å². The lowest BCUT2D eigenvalue weighted by atomic mass is 10.0. The average molecular weight is 337 g/mol. The van der Waals surface area contributed by atoms with Crippen LogP contribution >= 0.6 is 11.6 Å². The lowest BCUT2D eigenvalue weighted by Crippen LogP contribution is -1.98. The molecular weight excluding hydrogens is 326 g/mol. The van der Waals surface area contributed by atoms with E-state index in [1.54, 1.807) is 36.5 Å². The summed E-state index contributed by atoms with van der Waals surface area (Å²) in [7, 11) is 1.51. The number of benzene rings is 1. The first-order valence-electron chi connectivity index (χ1n) is 6.59. The first-order valence-corrected chi connectivity index (χ1v) is 6.97. The van der Waals surface area contributed by atoms with Crippen molar-refractivity contribution < 1.29 is 13.5 Å². The molecule has 23 heavy (non-hydrogen) atoms. The van der Waals surface area contributed by atoms with Gasteiger partial charge in [-0.15, -0.1) is 5.10 Å². The lowest BCUT2D eigenvalue weighted by Gasteiger charge is -2.10. The van der Waals surface area contributed by atoms with E-state index in [0.29, 0.717) is 22.2 Å². The zero-order chi connectivity index (χ0) is 16.4. The number of hydrogen-bond donors (Lipinski definition) is 0. The predicted octanol–water partition coefficient (Wildman–Crippen LogP) is 3.93. The molecule has 0 saturated carbocycles. The SMILES string of the molecule is COc1cc(-c2cc(Cl)ccc2-n2cc(C(F)F)nn2)ccn1. The third-order valence-electron chi connectivity index (χ3n) is 3.20. The average Bonchev–Trinajstić information content (AvgIpc) is 3.05. The van der Waals surface area contributed by atoms with E-state index in [9.17, 15) is 8.78 Å². The van der Waals surface area contributed by atoms with Gasteiger partial charge in [0.05, 0.1) is 19.0 Å². The molecule has 5 nitrogen and oxygen atoms in total. The van der Waals surface area contributed by atoms with Crippen LogP contribution in [-0.4, -0.2) is 27.1 Å². The Morgan fingerprint density at radius 1 is 1.22 bits per heavy atom. The maximum atomic E-state index is 12.7. The molecule has 0 aliphatic heterocycles. The van der Waals surface area contributed by atoms with Crippen molar-refractivity contribution in [3.05, 3.63) is 53.4 Å². The number of alkyl halides is 2. The van der Waals surface area contributed by atoms with Gasteiger partial charge >= 0.3 is 0 Å². The zero-order valence-corrected chi connectivity index (χ0v) is 12.7. The second-order valence-corrected chi connectivity index (χ2v) is 5.07. The van der Waals surface area contributed by atoms with E-state index in [1.165, 1.54) is 18.0 Å². The van der Waals surface area contributed by atoms with Gasteiger partial charge < -0.3 is 4.74 Å². The topological polar surface area (TPSA) is 52.8 Å². The second kappa shape index (κ2) is 6.29. The summed E-state index contributed by atoms with van der Waals surface area (Å²) in [5.41, 5.74) is 1.65. The van der Waals surface area contributed by atoms with Crippen molar-refractivity contribution in [3.63, 3.8) is 0 Å². The number of pyridine rings is 1. The van der Waals surface area contributed by atoms with Crippen LogP contribution in [0.4, 0.5) is 8.78 Å². The molecule has 2 aromatic heterocycles. The standard InChI is InChI=1S/C15H11ClF2N4O/c1-23-14-6-9(4-5-19-14)11-7-10(16)2-3-13(11)22-8-12(15(17)18)20-21-22/h2-8,15H,1H3. The molecule has 0 radical (unpaired) electrons. The Morgan fingerprint density at radius 3 is 2.74 bits per heavy atom. The fourth-order valence-electron chi connectivity index (χ4n) is 2.12. The van der Waals surface area contributed by atoms with Crippen LogP contribution in [0.1, 0.15) is 12.1 Å². The van der Waals surface area contributed by atoms with E-state index in [4.69, 9.17) is 16.3 Å². The van der Waals surface area contributed by atoms with Gasteiger partial charge in [0.1, 0.15) is 5.69 Å². The molecule has 8 heteroatoms. The molecule has 118 valence electrons. The molecule has 1 aromatic carbocycles. The van der Waals surface area contributed by atoms with Crippen molar-refractivity contribution in [1.82, 2.24) is 20.0 Å². The zero-order valence-electron chi connectivity index (χ0n) is 11.9. The van der Waals surface area contributed by atoms with Crippen molar-refractivity contribution >= 4 is 11.6 Å². The maximum absolute atomic E-state index is 12.7. The van der Waals surface area contributed by atoms with Crippen LogP contribution < -0.4 is 4.74 Å². The van der Waals surface area contributed by atoms with E-state index >= 15 is 0 Å². The van der Waals surface area contributed by atoms with Gasteiger partial charge in [-0.25, -0.2) is 18.4 Å². The summed E-state index contributed by atoms with van der Waals surface area (Å²) in [6.07, 6.45) is 0.0983. The Bertz CT molecular complexity index is 838. The lowest BCUT2D eigenvalue weighted by molar-refractivity contribution is 0.146. The molecule has 0 aliphatic rings. The minimum atomic E-state index is -2.68. The van der Waals surface area contributed by atoms with E-state index in [1.807, 2.05) is 0 Å². The fraction of sp³-hybridized carbons (Fsp3) is 0.133. The van der Waals surface area contributed by atoms with Gasteiger partial charge in [0.15, 0.2) is 0 Å². The van der Waals surface area contributed by atoms with Crippen LogP contribution in [0.2, 0.25) is 5.02 Å². The van der Waals surface area contributed by atoms with Crippen molar-refractivity contribution in [1.29, 1.82) is 0 Å². The molecule has 3 rings (SSSR count). The smallest absolute Gasteiger partial charge is 0.283 e. The number of ether oxygens (including phenoxy) is 1.